The molecule has 0 aliphatic heterocycles. The molecule has 0 aliphatic carbocycles. The van der Waals surface area contributed by atoms with E-state index in [0.29, 0.717) is 10.6 Å². The lowest BCUT2D eigenvalue weighted by atomic mass is 10.1. The van der Waals surface area contributed by atoms with Crippen LogP contribution in [0.3, 0.4) is 0 Å². The maximum atomic E-state index is 10.5. The van der Waals surface area contributed by atoms with E-state index in [2.05, 4.69) is 4.74 Å². The summed E-state index contributed by atoms with van der Waals surface area (Å²) in [7, 11) is 0. The molecule has 0 saturated carbocycles. The standard InChI is InChI=1S/C10H11Cl2NO3/c1-5(16-10(13)15)9(14)6-3-2-4-7(11)8(6)12/h2-5,9,14H,1H3,(H2,13,15)/t5-,9?/m1/s1. The summed E-state index contributed by atoms with van der Waals surface area (Å²) in [5.41, 5.74) is 5.24. The number of halogens is 2. The topological polar surface area (TPSA) is 72.5 Å². The Bertz CT molecular complexity index is 398. The zero-order valence-electron chi connectivity index (χ0n) is 8.48. The van der Waals surface area contributed by atoms with E-state index in [9.17, 15) is 9.90 Å². The number of rotatable bonds is 3. The first-order valence-corrected chi connectivity index (χ1v) is 5.27. The summed E-state index contributed by atoms with van der Waals surface area (Å²) in [6.45, 7) is 1.51. The number of hydrogen-bond acceptors (Lipinski definition) is 3. The van der Waals surface area contributed by atoms with E-state index < -0.39 is 18.3 Å². The summed E-state index contributed by atoms with van der Waals surface area (Å²) in [6, 6.07) is 4.84. The highest BCUT2D eigenvalue weighted by Gasteiger charge is 2.22. The molecule has 0 heterocycles. The van der Waals surface area contributed by atoms with E-state index in [1.807, 2.05) is 0 Å². The van der Waals surface area contributed by atoms with E-state index in [4.69, 9.17) is 28.9 Å². The number of aliphatic hydroxyl groups is 1. The summed E-state index contributed by atoms with van der Waals surface area (Å²) in [6.07, 6.45) is -2.82. The fourth-order valence-electron chi connectivity index (χ4n) is 1.25. The Morgan fingerprint density at radius 2 is 2.12 bits per heavy atom. The van der Waals surface area contributed by atoms with Crippen LogP contribution in [0, 0.1) is 0 Å². The van der Waals surface area contributed by atoms with Crippen molar-refractivity contribution in [3.63, 3.8) is 0 Å². The Labute approximate surface area is 103 Å². The third-order valence-electron chi connectivity index (χ3n) is 2.05. The van der Waals surface area contributed by atoms with Crippen molar-refractivity contribution in [1.82, 2.24) is 0 Å². The van der Waals surface area contributed by atoms with Crippen molar-refractivity contribution in [1.29, 1.82) is 0 Å². The van der Waals surface area contributed by atoms with Crippen LogP contribution in [0.1, 0.15) is 18.6 Å². The molecule has 1 rings (SSSR count). The number of hydrogen-bond donors (Lipinski definition) is 2. The number of aliphatic hydroxyl groups excluding tert-OH is 1. The highest BCUT2D eigenvalue weighted by atomic mass is 35.5. The molecule has 1 aromatic carbocycles. The highest BCUT2D eigenvalue weighted by molar-refractivity contribution is 6.42. The third kappa shape index (κ3) is 3.01. The maximum absolute atomic E-state index is 10.5. The fraction of sp³-hybridized carbons (Fsp3) is 0.300. The van der Waals surface area contributed by atoms with Crippen molar-refractivity contribution in [2.75, 3.05) is 0 Å². The molecule has 1 amide bonds. The zero-order chi connectivity index (χ0) is 12.3. The van der Waals surface area contributed by atoms with E-state index in [-0.39, 0.29) is 5.02 Å². The van der Waals surface area contributed by atoms with Gasteiger partial charge in [-0.3, -0.25) is 0 Å². The van der Waals surface area contributed by atoms with Gasteiger partial charge in [-0.15, -0.1) is 0 Å². The van der Waals surface area contributed by atoms with Gasteiger partial charge < -0.3 is 15.6 Å². The predicted molar refractivity (Wildman–Crippen MR) is 61.6 cm³/mol. The predicted octanol–water partition coefficient (Wildman–Crippen LogP) is 2.51. The van der Waals surface area contributed by atoms with Crippen LogP contribution < -0.4 is 5.73 Å². The molecule has 0 saturated heterocycles. The van der Waals surface area contributed by atoms with Gasteiger partial charge in [-0.1, -0.05) is 35.3 Å². The van der Waals surface area contributed by atoms with Gasteiger partial charge in [0.2, 0.25) is 0 Å². The van der Waals surface area contributed by atoms with Gasteiger partial charge in [-0.2, -0.15) is 0 Å². The molecule has 0 radical (unpaired) electrons. The highest BCUT2D eigenvalue weighted by Crippen LogP contribution is 2.31. The molecule has 1 aromatic rings. The van der Waals surface area contributed by atoms with Gasteiger partial charge in [0.25, 0.3) is 0 Å². The number of carbonyl (C=O) groups is 1. The van der Waals surface area contributed by atoms with Gasteiger partial charge in [0.05, 0.1) is 10.0 Å². The lowest BCUT2D eigenvalue weighted by Gasteiger charge is -2.19. The van der Waals surface area contributed by atoms with Crippen LogP contribution in [-0.4, -0.2) is 17.3 Å². The molecule has 4 nitrogen and oxygen atoms in total. The Hall–Kier alpha value is -0.970. The van der Waals surface area contributed by atoms with Crippen molar-refractivity contribution in [3.8, 4) is 0 Å². The van der Waals surface area contributed by atoms with Crippen LogP contribution in [-0.2, 0) is 4.74 Å². The summed E-state index contributed by atoms with van der Waals surface area (Å²) in [5.74, 6) is 0. The second kappa shape index (κ2) is 5.39. The number of carbonyl (C=O) groups excluding carboxylic acids is 1. The third-order valence-corrected chi connectivity index (χ3v) is 2.88. The molecule has 1 unspecified atom stereocenters. The summed E-state index contributed by atoms with van der Waals surface area (Å²) in [5, 5.41) is 10.4. The molecular formula is C10H11Cl2NO3. The fourth-order valence-corrected chi connectivity index (χ4v) is 1.67. The summed E-state index contributed by atoms with van der Waals surface area (Å²) in [4.78, 5) is 10.5. The van der Waals surface area contributed by atoms with Gasteiger partial charge in [-0.25, -0.2) is 4.79 Å². The molecule has 0 fully saturated rings. The van der Waals surface area contributed by atoms with Crippen molar-refractivity contribution in [2.24, 2.45) is 5.73 Å². The van der Waals surface area contributed by atoms with E-state index in [0.717, 1.165) is 0 Å². The van der Waals surface area contributed by atoms with Crippen LogP contribution in [0.2, 0.25) is 10.0 Å². The molecule has 2 atom stereocenters. The monoisotopic (exact) mass is 263 g/mol. The summed E-state index contributed by atoms with van der Waals surface area (Å²) < 4.78 is 4.65. The normalized spacial score (nSPS) is 14.2. The Kier molecular flexibility index (Phi) is 4.41. The van der Waals surface area contributed by atoms with E-state index in [1.54, 1.807) is 18.2 Å². The first kappa shape index (κ1) is 13.1. The lowest BCUT2D eigenvalue weighted by Crippen LogP contribution is -2.26. The van der Waals surface area contributed by atoms with Gasteiger partial charge in [0.1, 0.15) is 12.2 Å². The molecule has 0 aliphatic rings. The number of ether oxygens (including phenoxy) is 1. The van der Waals surface area contributed by atoms with Crippen LogP contribution in [0.5, 0.6) is 0 Å². The Balaban J connectivity index is 2.91. The molecule has 0 aromatic heterocycles. The number of primary amides is 1. The van der Waals surface area contributed by atoms with Crippen molar-refractivity contribution >= 4 is 29.3 Å². The minimum Gasteiger partial charge on any atom is -0.444 e. The largest absolute Gasteiger partial charge is 0.444 e. The second-order valence-electron chi connectivity index (χ2n) is 3.23. The second-order valence-corrected chi connectivity index (χ2v) is 4.02. The number of amides is 1. The Morgan fingerprint density at radius 3 is 2.69 bits per heavy atom. The lowest BCUT2D eigenvalue weighted by molar-refractivity contribution is 0.0158. The van der Waals surface area contributed by atoms with Crippen LogP contribution in [0.25, 0.3) is 0 Å². The van der Waals surface area contributed by atoms with E-state index >= 15 is 0 Å². The summed E-state index contributed by atoms with van der Waals surface area (Å²) >= 11 is 11.7. The van der Waals surface area contributed by atoms with Gasteiger partial charge >= 0.3 is 6.09 Å². The average Bonchev–Trinajstić information content (AvgIpc) is 2.20. The molecular weight excluding hydrogens is 253 g/mol. The van der Waals surface area contributed by atoms with E-state index in [1.165, 1.54) is 6.92 Å². The van der Waals surface area contributed by atoms with Crippen molar-refractivity contribution < 1.29 is 14.6 Å². The van der Waals surface area contributed by atoms with Gasteiger partial charge in [0, 0.05) is 5.56 Å². The van der Waals surface area contributed by atoms with Crippen molar-refractivity contribution in [2.45, 2.75) is 19.1 Å². The minimum absolute atomic E-state index is 0.233. The SMILES string of the molecule is C[C@@H](OC(N)=O)C(O)c1cccc(Cl)c1Cl. The maximum Gasteiger partial charge on any atom is 0.404 e. The quantitative estimate of drug-likeness (QED) is 0.880. The molecule has 6 heteroatoms. The molecule has 88 valence electrons. The van der Waals surface area contributed by atoms with Crippen LogP contribution in [0.15, 0.2) is 18.2 Å². The van der Waals surface area contributed by atoms with Crippen molar-refractivity contribution in [3.05, 3.63) is 33.8 Å². The van der Waals surface area contributed by atoms with Crippen LogP contribution >= 0.6 is 23.2 Å². The van der Waals surface area contributed by atoms with Gasteiger partial charge in [-0.05, 0) is 13.0 Å². The van der Waals surface area contributed by atoms with Crippen LogP contribution in [0.4, 0.5) is 4.79 Å². The van der Waals surface area contributed by atoms with Gasteiger partial charge in [0.15, 0.2) is 0 Å². The average molecular weight is 264 g/mol. The number of nitrogens with two attached hydrogens (primary N) is 1. The number of benzene rings is 1. The zero-order valence-corrected chi connectivity index (χ0v) is 10.00. The first-order chi connectivity index (χ1) is 7.43. The smallest absolute Gasteiger partial charge is 0.404 e. The molecule has 16 heavy (non-hydrogen) atoms. The first-order valence-electron chi connectivity index (χ1n) is 4.51. The molecule has 0 bridgehead atoms. The Morgan fingerprint density at radius 1 is 1.50 bits per heavy atom. The molecule has 3 N–H and O–H groups in total. The molecule has 0 spiro atoms. The minimum atomic E-state index is -1.07.